The lowest BCUT2D eigenvalue weighted by Crippen LogP contribution is -1.92. The van der Waals surface area contributed by atoms with Crippen molar-refractivity contribution in [2.45, 2.75) is 0 Å². The minimum absolute atomic E-state index is 0.458. The quantitative estimate of drug-likeness (QED) is 0.522. The lowest BCUT2D eigenvalue weighted by atomic mass is 10.2. The van der Waals surface area contributed by atoms with Crippen LogP contribution in [0.25, 0.3) is 0 Å². The molecule has 2 aromatic carbocycles. The van der Waals surface area contributed by atoms with E-state index in [4.69, 9.17) is 0 Å². The summed E-state index contributed by atoms with van der Waals surface area (Å²) >= 11 is 0. The van der Waals surface area contributed by atoms with Crippen LogP contribution in [0.5, 0.6) is 0 Å². The smallest absolute Gasteiger partial charge is 0.0998 e. The monoisotopic (exact) mass is 288 g/mol. The van der Waals surface area contributed by atoms with Crippen LogP contribution in [0.4, 0.5) is 0 Å². The van der Waals surface area contributed by atoms with Gasteiger partial charge in [-0.3, -0.25) is 18.6 Å². The van der Waals surface area contributed by atoms with Gasteiger partial charge < -0.3 is 0 Å². The highest BCUT2D eigenvalue weighted by Crippen LogP contribution is 2.44. The van der Waals surface area contributed by atoms with E-state index in [0.29, 0.717) is 0 Å². The van der Waals surface area contributed by atoms with Gasteiger partial charge in [-0.15, -0.1) is 17.7 Å². The molecule has 1 aliphatic carbocycles. The molecule has 1 unspecified atom stereocenters. The molecule has 104 valence electrons. The van der Waals surface area contributed by atoms with Gasteiger partial charge in [0.1, 0.15) is 0 Å². The summed E-state index contributed by atoms with van der Waals surface area (Å²) < 4.78 is 0. The van der Waals surface area contributed by atoms with Gasteiger partial charge in [0.2, 0.25) is 0 Å². The van der Waals surface area contributed by atoms with Crippen molar-refractivity contribution < 1.29 is 0 Å². The Morgan fingerprint density at radius 2 is 1.48 bits per heavy atom. The fourth-order valence-electron chi connectivity index (χ4n) is 2.19. The number of hydrogen-bond donors (Lipinski definition) is 0. The Morgan fingerprint density at radius 1 is 0.857 bits per heavy atom. The lowest BCUT2D eigenvalue weighted by molar-refractivity contribution is 1.52. The molecule has 1 aliphatic rings. The molecule has 0 aromatic heterocycles. The first-order valence-electron chi connectivity index (χ1n) is 7.05. The van der Waals surface area contributed by atoms with Gasteiger partial charge in [0.25, 0.3) is 0 Å². The zero-order valence-electron chi connectivity index (χ0n) is 11.8. The average Bonchev–Trinajstić information content (AvgIpc) is 2.57. The molecule has 0 heterocycles. The Morgan fingerprint density at radius 3 is 2.14 bits per heavy atom. The van der Waals surface area contributed by atoms with Crippen LogP contribution in [-0.4, -0.2) is 5.80 Å². The summed E-state index contributed by atoms with van der Waals surface area (Å²) in [4.78, 5) is 0. The van der Waals surface area contributed by atoms with Crippen LogP contribution in [0, 0.1) is 18.2 Å². The van der Waals surface area contributed by atoms with Gasteiger partial charge in [-0.1, -0.05) is 42.1 Å². The summed E-state index contributed by atoms with van der Waals surface area (Å²) in [5.41, 5.74) is 3.93. The Hall–Kier alpha value is -2.30. The van der Waals surface area contributed by atoms with Crippen LogP contribution in [0.2, 0.25) is 0 Å². The van der Waals surface area contributed by atoms with Crippen molar-refractivity contribution in [2.75, 3.05) is 0 Å². The van der Waals surface area contributed by atoms with Crippen molar-refractivity contribution in [2.24, 2.45) is 0 Å². The molecule has 1 heteroatoms. The molecule has 0 spiro atoms. The molecule has 0 saturated carbocycles. The third kappa shape index (κ3) is 3.84. The first-order chi connectivity index (χ1) is 10.4. The Labute approximate surface area is 128 Å². The molecule has 0 amide bonds. The fourth-order valence-corrected chi connectivity index (χ4v) is 4.06. The molecule has 21 heavy (non-hydrogen) atoms. The molecule has 0 fully saturated rings. The van der Waals surface area contributed by atoms with Gasteiger partial charge in [-0.25, -0.2) is 12.2 Å². The first kappa shape index (κ1) is 13.7. The molecule has 2 aromatic rings. The summed E-state index contributed by atoms with van der Waals surface area (Å²) in [5, 5.41) is 0. The SMILES string of the molecule is C1=C[C-]([P+](=Cc2ccccc2)[CH-]c2ccccc2)C=C[CH-]1. The van der Waals surface area contributed by atoms with Crippen LogP contribution in [0.1, 0.15) is 11.1 Å². The highest BCUT2D eigenvalue weighted by Gasteiger charge is 2.08. The number of hydrogen-bond acceptors (Lipinski definition) is 0. The Kier molecular flexibility index (Phi) is 4.51. The number of benzene rings is 2. The second-order valence-corrected chi connectivity index (χ2v) is 6.67. The Bertz CT molecular complexity index is 639. The average molecular weight is 288 g/mol. The van der Waals surface area contributed by atoms with Gasteiger partial charge in [0.05, 0.1) is 5.80 Å². The van der Waals surface area contributed by atoms with Crippen molar-refractivity contribution in [3.8, 4) is 0 Å². The van der Waals surface area contributed by atoms with Gasteiger partial charge >= 0.3 is 0 Å². The normalized spacial score (nSPS) is 13.9. The summed E-state index contributed by atoms with van der Waals surface area (Å²) in [6.45, 7) is 0. The third-order valence-corrected chi connectivity index (χ3v) is 5.28. The predicted molar refractivity (Wildman–Crippen MR) is 94.2 cm³/mol. The molecule has 0 N–H and O–H groups in total. The van der Waals surface area contributed by atoms with Crippen LogP contribution in [0.15, 0.2) is 85.0 Å². The van der Waals surface area contributed by atoms with Crippen LogP contribution >= 0.6 is 7.55 Å². The van der Waals surface area contributed by atoms with E-state index < -0.39 is 7.55 Å². The van der Waals surface area contributed by atoms with Crippen molar-refractivity contribution in [3.63, 3.8) is 0 Å². The minimum atomic E-state index is -0.458. The number of allylic oxidation sites excluding steroid dienone is 4. The van der Waals surface area contributed by atoms with Gasteiger partial charge in [-0.05, 0) is 0 Å². The van der Waals surface area contributed by atoms with E-state index in [-0.39, 0.29) is 0 Å². The van der Waals surface area contributed by atoms with Crippen LogP contribution < -0.4 is 0 Å². The zero-order valence-corrected chi connectivity index (χ0v) is 12.7. The topological polar surface area (TPSA) is 0 Å². The van der Waals surface area contributed by atoms with Gasteiger partial charge in [0.15, 0.2) is 0 Å². The molecule has 0 aliphatic heterocycles. The highest BCUT2D eigenvalue weighted by molar-refractivity contribution is 7.63. The van der Waals surface area contributed by atoms with Crippen molar-refractivity contribution in [1.29, 1.82) is 0 Å². The second-order valence-electron chi connectivity index (χ2n) is 4.82. The van der Waals surface area contributed by atoms with E-state index in [1.807, 2.05) is 0 Å². The predicted octanol–water partition coefficient (Wildman–Crippen LogP) is 5.39. The largest absolute Gasteiger partial charge is 0.281 e. The van der Waals surface area contributed by atoms with E-state index >= 15 is 0 Å². The van der Waals surface area contributed by atoms with E-state index in [9.17, 15) is 0 Å². The Balaban J connectivity index is 1.91. The molecule has 1 atom stereocenters. The third-order valence-electron chi connectivity index (χ3n) is 3.23. The summed E-state index contributed by atoms with van der Waals surface area (Å²) in [7, 11) is -0.458. The molecule has 0 radical (unpaired) electrons. The maximum atomic E-state index is 2.37. The van der Waals surface area contributed by atoms with Crippen molar-refractivity contribution in [3.05, 3.63) is 114 Å². The maximum absolute atomic E-state index is 2.37. The molecule has 0 bridgehead atoms. The first-order valence-corrected chi connectivity index (χ1v) is 8.53. The fraction of sp³-hybridized carbons (Fsp3) is 0. The van der Waals surface area contributed by atoms with Crippen molar-refractivity contribution >= 4 is 13.3 Å². The standard InChI is InChI=1S/C20H17P/c1-4-10-18(11-5-1)16-21(20-14-8-3-9-15-20)17-19-12-6-2-7-13-19/h1-17H/q-2. The van der Waals surface area contributed by atoms with Gasteiger partial charge in [-0.2, -0.15) is 12.1 Å². The summed E-state index contributed by atoms with van der Waals surface area (Å²) in [5.74, 6) is 2.37. The van der Waals surface area contributed by atoms with Gasteiger partial charge in [0, 0.05) is 19.3 Å². The summed E-state index contributed by atoms with van der Waals surface area (Å²) in [6.07, 6.45) is 13.1. The molecular formula is C20H17P-2. The van der Waals surface area contributed by atoms with E-state index in [2.05, 4.69) is 103 Å². The lowest BCUT2D eigenvalue weighted by Gasteiger charge is -2.23. The van der Waals surface area contributed by atoms with E-state index in [1.54, 1.807) is 0 Å². The van der Waals surface area contributed by atoms with Crippen LogP contribution in [-0.2, 0) is 0 Å². The zero-order chi connectivity index (χ0) is 14.3. The maximum Gasteiger partial charge on any atom is 0.0998 e. The molecule has 0 saturated heterocycles. The van der Waals surface area contributed by atoms with Crippen LogP contribution in [0.3, 0.4) is 0 Å². The van der Waals surface area contributed by atoms with Crippen molar-refractivity contribution in [1.82, 2.24) is 0 Å². The second kappa shape index (κ2) is 6.92. The molecule has 3 rings (SSSR count). The van der Waals surface area contributed by atoms with E-state index in [0.717, 1.165) is 0 Å². The number of rotatable bonds is 4. The van der Waals surface area contributed by atoms with E-state index in [1.165, 1.54) is 16.8 Å². The highest BCUT2D eigenvalue weighted by atomic mass is 31.1. The molecular weight excluding hydrogens is 271 g/mol. The minimum Gasteiger partial charge on any atom is -0.281 e. The summed E-state index contributed by atoms with van der Waals surface area (Å²) in [6, 6.07) is 21.1. The molecule has 0 nitrogen and oxygen atoms in total.